The first-order chi connectivity index (χ1) is 8.66. The molecule has 0 bridgehead atoms. The summed E-state index contributed by atoms with van der Waals surface area (Å²) in [6.45, 7) is 3.12. The number of rotatable bonds is 5. The molecule has 2 aromatic rings. The molecule has 94 valence electrons. The second kappa shape index (κ2) is 5.26. The minimum Gasteiger partial charge on any atom is -0.476 e. The van der Waals surface area contributed by atoms with Gasteiger partial charge in [0.05, 0.1) is 12.7 Å². The zero-order valence-electron chi connectivity index (χ0n) is 9.87. The highest BCUT2D eigenvalue weighted by Gasteiger charge is 2.11. The molecule has 0 amide bonds. The number of carbonyl (C=O) groups is 1. The molecule has 0 fully saturated rings. The van der Waals surface area contributed by atoms with E-state index in [0.717, 1.165) is 5.56 Å². The molecule has 18 heavy (non-hydrogen) atoms. The van der Waals surface area contributed by atoms with Crippen molar-refractivity contribution in [3.8, 4) is 0 Å². The predicted octanol–water partition coefficient (Wildman–Crippen LogP) is 0.792. The Morgan fingerprint density at radius 2 is 2.22 bits per heavy atom. The molecule has 0 saturated heterocycles. The molecule has 2 heterocycles. The van der Waals surface area contributed by atoms with Gasteiger partial charge in [0.1, 0.15) is 0 Å². The second-order valence-electron chi connectivity index (χ2n) is 3.77. The quantitative estimate of drug-likeness (QED) is 0.811. The van der Waals surface area contributed by atoms with Gasteiger partial charge in [-0.2, -0.15) is 5.10 Å². The van der Waals surface area contributed by atoms with Crippen LogP contribution in [0.5, 0.6) is 0 Å². The Kier molecular flexibility index (Phi) is 3.52. The molecule has 0 radical (unpaired) electrons. The number of nitrogens with zero attached hydrogens (tertiary/aromatic N) is 4. The van der Waals surface area contributed by atoms with E-state index in [2.05, 4.69) is 20.4 Å². The van der Waals surface area contributed by atoms with Crippen LogP contribution in [0.4, 0.5) is 5.82 Å². The molecular weight excluding hydrogens is 234 g/mol. The predicted molar refractivity (Wildman–Crippen MR) is 64.4 cm³/mol. The molecule has 0 spiro atoms. The van der Waals surface area contributed by atoms with Crippen LogP contribution in [-0.2, 0) is 6.54 Å². The normalized spacial score (nSPS) is 10.3. The number of anilines is 1. The topological polar surface area (TPSA) is 92.9 Å². The van der Waals surface area contributed by atoms with Gasteiger partial charge in [0.25, 0.3) is 0 Å². The van der Waals surface area contributed by atoms with Gasteiger partial charge >= 0.3 is 5.97 Å². The van der Waals surface area contributed by atoms with Crippen molar-refractivity contribution in [3.63, 3.8) is 0 Å². The highest BCUT2D eigenvalue weighted by molar-refractivity contribution is 5.90. The Morgan fingerprint density at radius 1 is 1.44 bits per heavy atom. The number of hydrogen-bond donors (Lipinski definition) is 2. The second-order valence-corrected chi connectivity index (χ2v) is 3.77. The summed E-state index contributed by atoms with van der Waals surface area (Å²) in [5, 5.41) is 16.0. The molecule has 2 aromatic heterocycles. The van der Waals surface area contributed by atoms with Gasteiger partial charge in [0, 0.05) is 25.1 Å². The van der Waals surface area contributed by atoms with E-state index in [1.54, 1.807) is 10.9 Å². The van der Waals surface area contributed by atoms with Gasteiger partial charge in [0.2, 0.25) is 0 Å². The summed E-state index contributed by atoms with van der Waals surface area (Å²) in [6.07, 6.45) is 6.49. The maximum absolute atomic E-state index is 10.9. The fraction of sp³-hybridized carbons (Fsp3) is 0.273. The van der Waals surface area contributed by atoms with Gasteiger partial charge in [-0.05, 0) is 12.5 Å². The Labute approximate surface area is 104 Å². The number of carboxylic acids is 1. The summed E-state index contributed by atoms with van der Waals surface area (Å²) in [5.41, 5.74) is 1.01. The summed E-state index contributed by atoms with van der Waals surface area (Å²) in [5.74, 6) is -0.825. The minimum atomic E-state index is -1.10. The van der Waals surface area contributed by atoms with Crippen LogP contribution in [0.3, 0.4) is 0 Å². The molecule has 0 unspecified atom stereocenters. The largest absolute Gasteiger partial charge is 0.476 e. The average molecular weight is 247 g/mol. The summed E-state index contributed by atoms with van der Waals surface area (Å²) in [7, 11) is 0. The van der Waals surface area contributed by atoms with Gasteiger partial charge < -0.3 is 10.4 Å². The maximum Gasteiger partial charge on any atom is 0.358 e. The van der Waals surface area contributed by atoms with Crippen LogP contribution in [0, 0.1) is 6.92 Å². The standard InChI is InChI=1S/C11H13N5O2/c1-8-6-15-16(7-8)5-4-14-10-9(11(17)18)12-2-3-13-10/h2-3,6-7H,4-5H2,1H3,(H,13,14)(H,17,18). The van der Waals surface area contributed by atoms with Crippen LogP contribution in [0.15, 0.2) is 24.8 Å². The lowest BCUT2D eigenvalue weighted by atomic mass is 10.4. The average Bonchev–Trinajstić information content (AvgIpc) is 2.75. The first kappa shape index (κ1) is 12.0. The van der Waals surface area contributed by atoms with Gasteiger partial charge in [-0.25, -0.2) is 14.8 Å². The van der Waals surface area contributed by atoms with E-state index in [1.807, 2.05) is 13.1 Å². The number of nitrogens with one attached hydrogen (secondary N) is 1. The molecule has 0 aliphatic rings. The van der Waals surface area contributed by atoms with Crippen LogP contribution in [0.2, 0.25) is 0 Å². The summed E-state index contributed by atoms with van der Waals surface area (Å²) >= 11 is 0. The summed E-state index contributed by atoms with van der Waals surface area (Å²) < 4.78 is 1.78. The van der Waals surface area contributed by atoms with E-state index < -0.39 is 5.97 Å². The van der Waals surface area contributed by atoms with Crippen molar-refractivity contribution in [1.82, 2.24) is 19.7 Å². The number of hydrogen-bond acceptors (Lipinski definition) is 5. The van der Waals surface area contributed by atoms with E-state index in [0.29, 0.717) is 13.1 Å². The Hall–Kier alpha value is -2.44. The first-order valence-electron chi connectivity index (χ1n) is 5.44. The SMILES string of the molecule is Cc1cnn(CCNc2nccnc2C(=O)O)c1. The molecule has 0 aliphatic carbocycles. The summed E-state index contributed by atoms with van der Waals surface area (Å²) in [4.78, 5) is 18.6. The minimum absolute atomic E-state index is 0.0749. The van der Waals surface area contributed by atoms with Crippen molar-refractivity contribution < 1.29 is 9.90 Å². The lowest BCUT2D eigenvalue weighted by molar-refractivity contribution is 0.0691. The Morgan fingerprint density at radius 3 is 2.89 bits per heavy atom. The Bertz CT molecular complexity index is 552. The highest BCUT2D eigenvalue weighted by atomic mass is 16.4. The van der Waals surface area contributed by atoms with Crippen LogP contribution in [0.25, 0.3) is 0 Å². The molecule has 7 nitrogen and oxygen atoms in total. The zero-order valence-corrected chi connectivity index (χ0v) is 9.87. The van der Waals surface area contributed by atoms with Gasteiger partial charge in [0.15, 0.2) is 11.5 Å². The summed E-state index contributed by atoms with van der Waals surface area (Å²) in [6, 6.07) is 0. The molecule has 0 saturated carbocycles. The van der Waals surface area contributed by atoms with E-state index in [4.69, 9.17) is 5.11 Å². The van der Waals surface area contributed by atoms with Crippen molar-refractivity contribution in [2.45, 2.75) is 13.5 Å². The maximum atomic E-state index is 10.9. The lowest BCUT2D eigenvalue weighted by Crippen LogP contribution is -2.15. The molecule has 2 N–H and O–H groups in total. The van der Waals surface area contributed by atoms with Gasteiger partial charge in [-0.15, -0.1) is 0 Å². The Balaban J connectivity index is 1.96. The van der Waals surface area contributed by atoms with Crippen LogP contribution in [-0.4, -0.2) is 37.4 Å². The van der Waals surface area contributed by atoms with Crippen molar-refractivity contribution in [3.05, 3.63) is 36.0 Å². The number of carboxylic acid groups (broad SMARTS) is 1. The number of aromatic carboxylic acids is 1. The van der Waals surface area contributed by atoms with E-state index in [-0.39, 0.29) is 11.5 Å². The number of aryl methyl sites for hydroxylation is 1. The van der Waals surface area contributed by atoms with Gasteiger partial charge in [-0.1, -0.05) is 0 Å². The van der Waals surface area contributed by atoms with E-state index >= 15 is 0 Å². The molecule has 0 atom stereocenters. The van der Waals surface area contributed by atoms with Gasteiger partial charge in [-0.3, -0.25) is 4.68 Å². The van der Waals surface area contributed by atoms with Crippen molar-refractivity contribution in [2.75, 3.05) is 11.9 Å². The van der Waals surface area contributed by atoms with Crippen molar-refractivity contribution in [1.29, 1.82) is 0 Å². The third-order valence-corrected chi connectivity index (χ3v) is 2.30. The van der Waals surface area contributed by atoms with E-state index in [1.165, 1.54) is 12.4 Å². The first-order valence-corrected chi connectivity index (χ1v) is 5.44. The smallest absolute Gasteiger partial charge is 0.358 e. The van der Waals surface area contributed by atoms with Crippen molar-refractivity contribution in [2.24, 2.45) is 0 Å². The fourth-order valence-electron chi connectivity index (χ4n) is 1.50. The van der Waals surface area contributed by atoms with Crippen LogP contribution < -0.4 is 5.32 Å². The van der Waals surface area contributed by atoms with Crippen LogP contribution >= 0.6 is 0 Å². The third-order valence-electron chi connectivity index (χ3n) is 2.30. The molecule has 7 heteroatoms. The lowest BCUT2D eigenvalue weighted by Gasteiger charge is -2.07. The zero-order chi connectivity index (χ0) is 13.0. The number of aromatic nitrogens is 4. The third kappa shape index (κ3) is 2.82. The fourth-order valence-corrected chi connectivity index (χ4v) is 1.50. The molecular formula is C11H13N5O2. The van der Waals surface area contributed by atoms with Crippen LogP contribution in [0.1, 0.15) is 16.1 Å². The highest BCUT2D eigenvalue weighted by Crippen LogP contribution is 2.07. The molecule has 0 aromatic carbocycles. The van der Waals surface area contributed by atoms with Crippen molar-refractivity contribution >= 4 is 11.8 Å². The monoisotopic (exact) mass is 247 g/mol. The van der Waals surface area contributed by atoms with E-state index in [9.17, 15) is 4.79 Å². The molecule has 0 aliphatic heterocycles. The molecule has 2 rings (SSSR count).